The van der Waals surface area contributed by atoms with E-state index in [2.05, 4.69) is 108 Å². The molecule has 8 aromatic rings. The summed E-state index contributed by atoms with van der Waals surface area (Å²) in [5.41, 5.74) is 8.20. The number of fused-ring (bicyclic) bond motifs is 4. The molecule has 0 spiro atoms. The Morgan fingerprint density at radius 3 is 1.95 bits per heavy atom. The maximum Gasteiger partial charge on any atom is 0.182 e. The Balaban J connectivity index is 0.00000803. The molecule has 11 rings (SSSR count). The van der Waals surface area contributed by atoms with Crippen LogP contribution in [0.4, 0.5) is 22.7 Å². The summed E-state index contributed by atoms with van der Waals surface area (Å²) in [6.07, 6.45) is 25.0. The summed E-state index contributed by atoms with van der Waals surface area (Å²) in [7, 11) is 4.18. The van der Waals surface area contributed by atoms with E-state index in [4.69, 9.17) is 25.7 Å². The third-order valence-corrected chi connectivity index (χ3v) is 12.9. The number of pyridine rings is 2. The molecule has 0 aliphatic carbocycles. The summed E-state index contributed by atoms with van der Waals surface area (Å²) >= 11 is 0. The van der Waals surface area contributed by atoms with E-state index in [1.54, 1.807) is 29.0 Å². The van der Waals surface area contributed by atoms with Crippen molar-refractivity contribution in [3.63, 3.8) is 0 Å². The van der Waals surface area contributed by atoms with Crippen LogP contribution in [0.3, 0.4) is 0 Å². The molecule has 0 fully saturated rings. The molecule has 3 aliphatic rings. The van der Waals surface area contributed by atoms with Gasteiger partial charge in [-0.2, -0.15) is 23.9 Å². The molecule has 0 atom stereocenters. The van der Waals surface area contributed by atoms with E-state index in [1.807, 2.05) is 121 Å². The molecule has 3 aliphatic heterocycles. The van der Waals surface area contributed by atoms with Crippen molar-refractivity contribution in [2.24, 2.45) is 0 Å². The van der Waals surface area contributed by atoms with Crippen molar-refractivity contribution in [1.82, 2.24) is 25.2 Å². The fourth-order valence-corrected chi connectivity index (χ4v) is 9.06. The smallest absolute Gasteiger partial charge is 0.182 e. The zero-order valence-corrected chi connectivity index (χ0v) is 45.0. The van der Waals surface area contributed by atoms with Crippen molar-refractivity contribution in [1.29, 1.82) is 0 Å². The van der Waals surface area contributed by atoms with E-state index in [9.17, 15) is 1.37 Å². The van der Waals surface area contributed by atoms with Gasteiger partial charge in [-0.3, -0.25) is 4.98 Å². The van der Waals surface area contributed by atoms with Crippen LogP contribution in [-0.4, -0.2) is 29.1 Å². The van der Waals surface area contributed by atoms with Crippen molar-refractivity contribution < 1.29 is 38.1 Å². The van der Waals surface area contributed by atoms with E-state index in [0.29, 0.717) is 28.1 Å². The van der Waals surface area contributed by atoms with Crippen molar-refractivity contribution in [3.8, 4) is 28.7 Å². The number of rotatable bonds is 8. The number of allylic oxidation sites excluding steroid dienone is 8. The van der Waals surface area contributed by atoms with Gasteiger partial charge in [0.25, 0.3) is 0 Å². The van der Waals surface area contributed by atoms with Crippen molar-refractivity contribution in [2.75, 3.05) is 9.80 Å². The Kier molecular flexibility index (Phi) is 11.9. The fourth-order valence-electron chi connectivity index (χ4n) is 9.06. The van der Waals surface area contributed by atoms with E-state index < -0.39 is 36.3 Å². The van der Waals surface area contributed by atoms with E-state index >= 15 is 0 Å². The molecular formula is C65H56B2N7OPt-3. The molecule has 76 heavy (non-hydrogen) atoms. The average molecular weight is 1180 g/mol. The van der Waals surface area contributed by atoms with Crippen LogP contribution in [0.2, 0.25) is 0 Å². The van der Waals surface area contributed by atoms with E-state index in [-0.39, 0.29) is 83.8 Å². The Bertz CT molecular complexity index is 4170. The molecular weight excluding hydrogens is 1110 g/mol. The van der Waals surface area contributed by atoms with Gasteiger partial charge in [0.1, 0.15) is 11.7 Å². The first kappa shape index (κ1) is 41.2. The van der Waals surface area contributed by atoms with Crippen molar-refractivity contribution in [3.05, 3.63) is 254 Å². The Labute approximate surface area is 475 Å². The molecule has 0 amide bonds. The number of hydrogen-bond donors (Lipinski definition) is 2. The summed E-state index contributed by atoms with van der Waals surface area (Å²) in [5, 5.41) is 7.15. The molecule has 8 nitrogen and oxygen atoms in total. The number of benzene rings is 5. The predicted octanol–water partition coefficient (Wildman–Crippen LogP) is 15.0. The molecule has 0 unspecified atom stereocenters. The third-order valence-electron chi connectivity index (χ3n) is 12.9. The third kappa shape index (κ3) is 10.7. The van der Waals surface area contributed by atoms with Gasteiger partial charge in [-0.15, -0.1) is 36.1 Å². The summed E-state index contributed by atoms with van der Waals surface area (Å²) in [5.74, 6) is 4.38. The second kappa shape index (κ2) is 22.0. The number of para-hydroxylation sites is 3. The molecule has 3 aromatic heterocycles. The standard InChI is InChI=1S/C65H56B2N7O.Pt/c1-64(2,3)46-30-37-70-61(40-46)74-57-25-11-10-22-50(57)51-29-28-49(43-60(51)74)75-62-42-48(41-56(71-62)45-20-8-7-9-21-45)72-44-73(59-27-13-12-26-58(59)72)63-52(54-23-18-35-68-33-16-14-31-66-54)38-47(65(4,5)6)39-53(63)55-24-19-36-69-34-17-15-32-67-55;/h7-41,44,68-69H,1-6H3;/q-3;/b31-14-,32-15-,33-16-,34-17-,35-18-,36-19-,54-23-,55-24-;/i7D,8D,9D,10D,11D,20D,21D,22D,25D;. The molecule has 0 bridgehead atoms. The van der Waals surface area contributed by atoms with Crippen LogP contribution in [0.15, 0.2) is 213 Å². The summed E-state index contributed by atoms with van der Waals surface area (Å²) in [6, 6.07) is 24.0. The monoisotopic (exact) mass is 1180 g/mol. The number of nitrogens with zero attached hydrogens (tertiary/aromatic N) is 5. The molecule has 5 aromatic carbocycles. The zero-order chi connectivity index (χ0) is 59.4. The Morgan fingerprint density at radius 1 is 0.645 bits per heavy atom. The van der Waals surface area contributed by atoms with Crippen LogP contribution in [0.25, 0.3) is 49.8 Å². The van der Waals surface area contributed by atoms with Gasteiger partial charge in [0.05, 0.1) is 12.3 Å². The van der Waals surface area contributed by atoms with E-state index in [1.165, 1.54) is 0 Å². The minimum absolute atomic E-state index is 0. The molecule has 2 N–H and O–H groups in total. The number of nitrogens with one attached hydrogen (secondary N) is 2. The van der Waals surface area contributed by atoms with Gasteiger partial charge in [0.15, 0.2) is 14.6 Å². The normalized spacial score (nSPS) is 20.1. The summed E-state index contributed by atoms with van der Waals surface area (Å²) in [6.45, 7) is 14.7. The van der Waals surface area contributed by atoms with Crippen LogP contribution in [-0.2, 0) is 31.9 Å². The quantitative estimate of drug-likeness (QED) is 0.116. The molecule has 6 heterocycles. The second-order valence-corrected chi connectivity index (χ2v) is 20.0. The Hall–Kier alpha value is -8.06. The fraction of sp³-hybridized carbons (Fsp3) is 0.123. The van der Waals surface area contributed by atoms with Crippen LogP contribution >= 0.6 is 0 Å². The molecule has 11 heteroatoms. The van der Waals surface area contributed by atoms with E-state index in [0.717, 1.165) is 44.6 Å². The zero-order valence-electron chi connectivity index (χ0n) is 51.7. The van der Waals surface area contributed by atoms with Crippen LogP contribution in [0.5, 0.6) is 11.6 Å². The SMILES string of the molecule is [2H]c1c([2H])c([2H])c(-c2cc(N3[CH-]N(c4c(/C5=C/C=C\N/C=C\C=C/[B]5)cc(C(C)(C)C)cc4/C4=C/C=C\N/C=C\C=C/[B]4)c4ccccc43)[c-]c(Oc3[c-]c4c(cc3)c3c([2H])c([2H])c([2H])c([2H])c3n4-c3cc(C(C)(C)C)ccn3)n2)c([2H])c1[2H].[Pt]. The number of anilines is 4. The van der Waals surface area contributed by atoms with Gasteiger partial charge < -0.3 is 29.7 Å². The molecule has 2 radical (unpaired) electrons. The van der Waals surface area contributed by atoms with Crippen molar-refractivity contribution in [2.45, 2.75) is 52.4 Å². The minimum atomic E-state index is -0.555. The first-order valence-electron chi connectivity index (χ1n) is 29.1. The first-order valence-corrected chi connectivity index (χ1v) is 24.6. The topological polar surface area (TPSA) is 70.5 Å². The second-order valence-electron chi connectivity index (χ2n) is 20.0. The molecule has 376 valence electrons. The summed E-state index contributed by atoms with van der Waals surface area (Å²) < 4.78 is 88.3. The first-order chi connectivity index (χ1) is 40.2. The van der Waals surface area contributed by atoms with Crippen molar-refractivity contribution >= 4 is 70.1 Å². The number of aromatic nitrogens is 3. The number of ether oxygens (including phenoxy) is 1. The van der Waals surface area contributed by atoms with Gasteiger partial charge in [-0.1, -0.05) is 143 Å². The van der Waals surface area contributed by atoms with Crippen LogP contribution in [0.1, 0.15) is 76.1 Å². The number of hydrogen-bond acceptors (Lipinski definition) is 7. The van der Waals surface area contributed by atoms with Gasteiger partial charge in [-0.25, -0.2) is 4.98 Å². The van der Waals surface area contributed by atoms with Gasteiger partial charge in [-0.05, 0) is 116 Å². The molecule has 0 saturated carbocycles. The maximum atomic E-state index is 9.19. The predicted molar refractivity (Wildman–Crippen MR) is 313 cm³/mol. The Morgan fingerprint density at radius 2 is 1.28 bits per heavy atom. The summed E-state index contributed by atoms with van der Waals surface area (Å²) in [4.78, 5) is 13.6. The minimum Gasteiger partial charge on any atom is -0.503 e. The van der Waals surface area contributed by atoms with Crippen LogP contribution in [0, 0.1) is 18.8 Å². The maximum absolute atomic E-state index is 9.19. The van der Waals surface area contributed by atoms with Gasteiger partial charge in [0.2, 0.25) is 0 Å². The average Bonchev–Trinajstić information content (AvgIpc) is 1.73. The van der Waals surface area contributed by atoms with Crippen LogP contribution < -0.4 is 25.2 Å². The largest absolute Gasteiger partial charge is 0.503 e. The molecule has 0 saturated heterocycles. The van der Waals surface area contributed by atoms with Gasteiger partial charge >= 0.3 is 0 Å². The van der Waals surface area contributed by atoms with Gasteiger partial charge in [0, 0.05) is 80.4 Å².